The largest absolute Gasteiger partial charge is 0.480 e. The van der Waals surface area contributed by atoms with Crippen molar-refractivity contribution in [3.63, 3.8) is 0 Å². The summed E-state index contributed by atoms with van der Waals surface area (Å²) in [7, 11) is 0. The van der Waals surface area contributed by atoms with Gasteiger partial charge in [0.05, 0.1) is 17.9 Å². The molecule has 188 valence electrons. The van der Waals surface area contributed by atoms with Crippen LogP contribution in [0.1, 0.15) is 43.5 Å². The Hall–Kier alpha value is -3.24. The van der Waals surface area contributed by atoms with E-state index in [9.17, 15) is 9.90 Å². The highest BCUT2D eigenvalue weighted by Crippen LogP contribution is 2.35. The number of hydrogen-bond acceptors (Lipinski definition) is 9. The van der Waals surface area contributed by atoms with E-state index in [0.29, 0.717) is 31.3 Å². The Labute approximate surface area is 218 Å². The van der Waals surface area contributed by atoms with Gasteiger partial charge in [0.2, 0.25) is 11.8 Å². The number of aromatic nitrogens is 4. The number of anilines is 1. The van der Waals surface area contributed by atoms with Crippen LogP contribution in [-0.4, -0.2) is 42.3 Å². The average molecular weight is 524 g/mol. The van der Waals surface area contributed by atoms with Gasteiger partial charge in [0.1, 0.15) is 10.5 Å². The molecule has 0 aliphatic rings. The van der Waals surface area contributed by atoms with Crippen molar-refractivity contribution < 1.29 is 14.3 Å². The minimum absolute atomic E-state index is 0.467. The Morgan fingerprint density at radius 1 is 1.17 bits per heavy atom. The number of thioether (sulfide) groups is 1. The van der Waals surface area contributed by atoms with Crippen LogP contribution in [0, 0.1) is 6.92 Å². The molecule has 3 aromatic heterocycles. The van der Waals surface area contributed by atoms with E-state index >= 15 is 0 Å². The number of aryl methyl sites for hydroxylation is 2. The van der Waals surface area contributed by atoms with E-state index in [0.717, 1.165) is 39.0 Å². The third-order valence-corrected chi connectivity index (χ3v) is 7.83. The van der Waals surface area contributed by atoms with Crippen molar-refractivity contribution in [2.45, 2.75) is 56.2 Å². The molecule has 1 N–H and O–H groups in total. The molecule has 1 aromatic carbocycles. The fourth-order valence-electron chi connectivity index (χ4n) is 3.36. The first kappa shape index (κ1) is 25.8. The van der Waals surface area contributed by atoms with Gasteiger partial charge in [-0.25, -0.2) is 19.9 Å². The number of oxazole rings is 1. The molecule has 0 saturated heterocycles. The maximum atomic E-state index is 11.5. The SMILES string of the molecule is CCc1cnc(N(CCc2csc(SC(C)(C)C(=O)O)n2)Cc2oc(-c3ccccc3)nc2C)nc1. The van der Waals surface area contributed by atoms with Crippen molar-refractivity contribution in [3.8, 4) is 11.5 Å². The highest BCUT2D eigenvalue weighted by atomic mass is 32.2. The van der Waals surface area contributed by atoms with Crippen LogP contribution >= 0.6 is 23.1 Å². The van der Waals surface area contributed by atoms with Gasteiger partial charge >= 0.3 is 5.97 Å². The lowest BCUT2D eigenvalue weighted by Gasteiger charge is -2.21. The van der Waals surface area contributed by atoms with Gasteiger partial charge in [-0.2, -0.15) is 0 Å². The molecule has 0 aliphatic carbocycles. The molecule has 0 atom stereocenters. The zero-order valence-electron chi connectivity index (χ0n) is 20.8. The lowest BCUT2D eigenvalue weighted by molar-refractivity contribution is -0.138. The van der Waals surface area contributed by atoms with Gasteiger partial charge in [0.25, 0.3) is 0 Å². The second kappa shape index (κ2) is 11.2. The molecule has 0 spiro atoms. The van der Waals surface area contributed by atoms with Crippen LogP contribution < -0.4 is 4.90 Å². The standard InChI is InChI=1S/C26H29N5O3S2/c1-5-18-13-27-24(28-14-18)31(12-11-20-16-35-25(30-20)36-26(3,4)23(32)33)15-21-17(2)29-22(34-21)19-9-7-6-8-10-19/h6-10,13-14,16H,5,11-12,15H2,1-4H3,(H,32,33). The van der Waals surface area contributed by atoms with Gasteiger partial charge in [-0.05, 0) is 44.9 Å². The van der Waals surface area contributed by atoms with Gasteiger partial charge < -0.3 is 14.4 Å². The fourth-order valence-corrected chi connectivity index (χ4v) is 5.58. The topological polar surface area (TPSA) is 105 Å². The molecule has 4 rings (SSSR count). The first-order chi connectivity index (χ1) is 17.2. The third kappa shape index (κ3) is 6.30. The van der Waals surface area contributed by atoms with Gasteiger partial charge in [-0.3, -0.25) is 4.79 Å². The number of carboxylic acid groups (broad SMARTS) is 1. The lowest BCUT2D eigenvalue weighted by Crippen LogP contribution is -2.27. The number of nitrogens with zero attached hydrogens (tertiary/aromatic N) is 5. The van der Waals surface area contributed by atoms with E-state index in [1.807, 2.05) is 55.0 Å². The van der Waals surface area contributed by atoms with Crippen LogP contribution in [0.3, 0.4) is 0 Å². The zero-order valence-corrected chi connectivity index (χ0v) is 22.4. The van der Waals surface area contributed by atoms with E-state index in [-0.39, 0.29) is 0 Å². The molecular formula is C26H29N5O3S2. The summed E-state index contributed by atoms with van der Waals surface area (Å²) in [4.78, 5) is 32.0. The first-order valence-electron chi connectivity index (χ1n) is 11.7. The predicted molar refractivity (Wildman–Crippen MR) is 143 cm³/mol. The van der Waals surface area contributed by atoms with Crippen LogP contribution in [-0.2, 0) is 24.2 Å². The maximum absolute atomic E-state index is 11.5. The molecule has 0 aliphatic heterocycles. The maximum Gasteiger partial charge on any atom is 0.319 e. The molecule has 0 unspecified atom stereocenters. The average Bonchev–Trinajstić information content (AvgIpc) is 3.47. The Bertz CT molecular complexity index is 1300. The van der Waals surface area contributed by atoms with E-state index in [4.69, 9.17) is 4.42 Å². The number of thiazole rings is 1. The zero-order chi connectivity index (χ0) is 25.7. The Kier molecular flexibility index (Phi) is 8.05. The van der Waals surface area contributed by atoms with Crippen LogP contribution in [0.25, 0.3) is 11.5 Å². The lowest BCUT2D eigenvalue weighted by atomic mass is 10.2. The molecule has 3 heterocycles. The minimum Gasteiger partial charge on any atom is -0.480 e. The van der Waals surface area contributed by atoms with Crippen molar-refractivity contribution in [2.24, 2.45) is 0 Å². The third-order valence-electron chi connectivity index (χ3n) is 5.66. The molecule has 0 bridgehead atoms. The van der Waals surface area contributed by atoms with E-state index < -0.39 is 10.7 Å². The van der Waals surface area contributed by atoms with Gasteiger partial charge in [-0.15, -0.1) is 11.3 Å². The molecule has 8 nitrogen and oxygen atoms in total. The molecule has 0 amide bonds. The second-order valence-electron chi connectivity index (χ2n) is 8.83. The monoisotopic (exact) mass is 523 g/mol. The van der Waals surface area contributed by atoms with Crippen molar-refractivity contribution in [3.05, 3.63) is 70.8 Å². The van der Waals surface area contributed by atoms with E-state index in [1.165, 1.54) is 23.1 Å². The van der Waals surface area contributed by atoms with Crippen molar-refractivity contribution >= 4 is 35.0 Å². The molecule has 36 heavy (non-hydrogen) atoms. The van der Waals surface area contributed by atoms with Crippen molar-refractivity contribution in [2.75, 3.05) is 11.4 Å². The Morgan fingerprint density at radius 3 is 2.56 bits per heavy atom. The summed E-state index contributed by atoms with van der Waals surface area (Å²) in [5.74, 6) is 1.10. The quantitative estimate of drug-likeness (QED) is 0.249. The molecular weight excluding hydrogens is 494 g/mol. The van der Waals surface area contributed by atoms with E-state index in [1.54, 1.807) is 13.8 Å². The smallest absolute Gasteiger partial charge is 0.319 e. The summed E-state index contributed by atoms with van der Waals surface area (Å²) in [5, 5.41) is 11.4. The van der Waals surface area contributed by atoms with Gasteiger partial charge in [-0.1, -0.05) is 36.9 Å². The summed E-state index contributed by atoms with van der Waals surface area (Å²) in [6.45, 7) is 8.46. The predicted octanol–water partition coefficient (Wildman–Crippen LogP) is 5.66. The van der Waals surface area contributed by atoms with Gasteiger partial charge in [0.15, 0.2) is 4.34 Å². The molecule has 0 radical (unpaired) electrons. The molecule has 0 saturated carbocycles. The second-order valence-corrected chi connectivity index (χ2v) is 11.6. The number of carbonyl (C=O) groups is 1. The Balaban J connectivity index is 1.52. The summed E-state index contributed by atoms with van der Waals surface area (Å²) >= 11 is 2.72. The van der Waals surface area contributed by atoms with Crippen LogP contribution in [0.4, 0.5) is 5.95 Å². The number of carboxylic acids is 1. The van der Waals surface area contributed by atoms with Gasteiger partial charge in [0, 0.05) is 36.3 Å². The summed E-state index contributed by atoms with van der Waals surface area (Å²) in [6, 6.07) is 9.83. The van der Waals surface area contributed by atoms with Crippen LogP contribution in [0.5, 0.6) is 0 Å². The molecule has 0 fully saturated rings. The minimum atomic E-state index is -0.934. The van der Waals surface area contributed by atoms with E-state index in [2.05, 4.69) is 31.8 Å². The normalized spacial score (nSPS) is 11.6. The highest BCUT2D eigenvalue weighted by molar-refractivity contribution is 8.03. The number of aliphatic carboxylic acids is 1. The fraction of sp³-hybridized carbons (Fsp3) is 0.346. The number of benzene rings is 1. The summed E-state index contributed by atoms with van der Waals surface area (Å²) in [5.41, 5.74) is 3.73. The van der Waals surface area contributed by atoms with Crippen LogP contribution in [0.15, 0.2) is 56.9 Å². The highest BCUT2D eigenvalue weighted by Gasteiger charge is 2.30. The summed E-state index contributed by atoms with van der Waals surface area (Å²) < 4.78 is 5.96. The molecule has 10 heteroatoms. The van der Waals surface area contributed by atoms with Crippen molar-refractivity contribution in [1.29, 1.82) is 0 Å². The number of hydrogen-bond donors (Lipinski definition) is 1. The Morgan fingerprint density at radius 2 is 1.89 bits per heavy atom. The van der Waals surface area contributed by atoms with Crippen molar-refractivity contribution in [1.82, 2.24) is 19.9 Å². The summed E-state index contributed by atoms with van der Waals surface area (Å²) in [6.07, 6.45) is 5.23. The number of rotatable bonds is 11. The molecule has 4 aromatic rings. The first-order valence-corrected chi connectivity index (χ1v) is 13.4. The van der Waals surface area contributed by atoms with Crippen LogP contribution in [0.2, 0.25) is 0 Å².